The smallest absolute Gasteiger partial charge is 0.122 e. The van der Waals surface area contributed by atoms with Crippen molar-refractivity contribution in [3.63, 3.8) is 0 Å². The van der Waals surface area contributed by atoms with Gasteiger partial charge in [-0.1, -0.05) is 72.8 Å². The molecule has 0 fully saturated rings. The Bertz CT molecular complexity index is 488. The minimum Gasteiger partial charge on any atom is -0.507 e. The minimum absolute atomic E-state index is 0.0269. The van der Waals surface area contributed by atoms with Crippen LogP contribution in [0.25, 0.3) is 0 Å². The maximum Gasteiger partial charge on any atom is 0.122 e. The zero-order valence-electron chi connectivity index (χ0n) is 14.7. The fraction of sp³-hybridized carbons (Fsp3) is 0.667. The van der Waals surface area contributed by atoms with Crippen LogP contribution in [0.5, 0.6) is 5.75 Å². The van der Waals surface area contributed by atoms with E-state index in [0.29, 0.717) is 5.75 Å². The van der Waals surface area contributed by atoms with Crippen molar-refractivity contribution in [2.24, 2.45) is 0 Å². The Kier molecular flexibility index (Phi) is 4.80. The summed E-state index contributed by atoms with van der Waals surface area (Å²) in [5.41, 5.74) is 3.79. The van der Waals surface area contributed by atoms with Gasteiger partial charge in [-0.2, -0.15) is 0 Å². The molecule has 2 heteroatoms. The normalized spacial score (nSPS) is 13.1. The molecule has 0 saturated heterocycles. The van der Waals surface area contributed by atoms with Crippen molar-refractivity contribution in [3.8, 4) is 5.75 Å². The maximum atomic E-state index is 10.8. The van der Waals surface area contributed by atoms with Crippen LogP contribution in [0.1, 0.15) is 65.2 Å². The molecule has 0 bridgehead atoms. The van der Waals surface area contributed by atoms with E-state index < -0.39 is 8.80 Å². The van der Waals surface area contributed by atoms with Gasteiger partial charge in [0.05, 0.1) is 8.80 Å². The van der Waals surface area contributed by atoms with E-state index in [1.807, 2.05) is 0 Å². The van der Waals surface area contributed by atoms with Crippen molar-refractivity contribution in [3.05, 3.63) is 22.8 Å². The third-order valence-electron chi connectivity index (χ3n) is 3.87. The Morgan fingerprint density at radius 3 is 1.70 bits per heavy atom. The number of aromatic hydroxyl groups is 1. The van der Waals surface area contributed by atoms with Crippen molar-refractivity contribution in [1.29, 1.82) is 0 Å². The van der Waals surface area contributed by atoms with Gasteiger partial charge in [0, 0.05) is 0 Å². The Morgan fingerprint density at radius 1 is 0.950 bits per heavy atom. The summed E-state index contributed by atoms with van der Waals surface area (Å²) in [6.45, 7) is 20.2. The molecule has 0 spiro atoms. The monoisotopic (exact) mass is 291 g/mol. The summed E-state index contributed by atoms with van der Waals surface area (Å²) in [5.74, 6) is 0.536. The first-order chi connectivity index (χ1) is 8.91. The third-order valence-corrected chi connectivity index (χ3v) is 5.44. The lowest BCUT2D eigenvalue weighted by Crippen LogP contribution is -2.36. The molecular formula is C18H31OSi. The van der Waals surface area contributed by atoms with Crippen molar-refractivity contribution < 1.29 is 5.11 Å². The van der Waals surface area contributed by atoms with Crippen molar-refractivity contribution >= 4 is 14.0 Å². The Morgan fingerprint density at radius 2 is 1.40 bits per heavy atom. The van der Waals surface area contributed by atoms with Crippen LogP contribution in [0.15, 0.2) is 6.07 Å². The van der Waals surface area contributed by atoms with Gasteiger partial charge in [-0.25, -0.2) is 0 Å². The molecule has 1 nitrogen and oxygen atoms in total. The Hall–Kier alpha value is -0.763. The fourth-order valence-corrected chi connectivity index (χ4v) is 4.69. The highest BCUT2D eigenvalue weighted by molar-refractivity contribution is 6.71. The van der Waals surface area contributed by atoms with E-state index in [4.69, 9.17) is 0 Å². The molecule has 0 aliphatic heterocycles. The largest absolute Gasteiger partial charge is 0.507 e. The van der Waals surface area contributed by atoms with Gasteiger partial charge in [-0.05, 0) is 33.9 Å². The van der Waals surface area contributed by atoms with Crippen LogP contribution in [0, 0.1) is 0 Å². The van der Waals surface area contributed by atoms with E-state index in [2.05, 4.69) is 67.6 Å². The minimum atomic E-state index is -0.610. The molecule has 0 saturated carbocycles. The van der Waals surface area contributed by atoms with Gasteiger partial charge in [0.25, 0.3) is 0 Å². The van der Waals surface area contributed by atoms with E-state index in [-0.39, 0.29) is 10.8 Å². The summed E-state index contributed by atoms with van der Waals surface area (Å²) >= 11 is 0. The summed E-state index contributed by atoms with van der Waals surface area (Å²) in [4.78, 5) is 0. The molecule has 1 radical (unpaired) electrons. The summed E-state index contributed by atoms with van der Waals surface area (Å²) in [7, 11) is -0.610. The quantitative estimate of drug-likeness (QED) is 0.795. The van der Waals surface area contributed by atoms with Crippen LogP contribution in [0.4, 0.5) is 0 Å². The van der Waals surface area contributed by atoms with Crippen molar-refractivity contribution in [2.45, 2.75) is 78.8 Å². The van der Waals surface area contributed by atoms with Crippen molar-refractivity contribution in [2.75, 3.05) is 0 Å². The molecule has 0 unspecified atom stereocenters. The highest BCUT2D eigenvalue weighted by Gasteiger charge is 2.29. The number of benzene rings is 1. The van der Waals surface area contributed by atoms with Gasteiger partial charge < -0.3 is 5.11 Å². The van der Waals surface area contributed by atoms with E-state index in [1.165, 1.54) is 16.3 Å². The van der Waals surface area contributed by atoms with Gasteiger partial charge in [0.1, 0.15) is 5.75 Å². The van der Waals surface area contributed by atoms with Gasteiger partial charge >= 0.3 is 0 Å². The summed E-state index contributed by atoms with van der Waals surface area (Å²) in [5, 5.41) is 12.2. The molecule has 20 heavy (non-hydrogen) atoms. The highest BCUT2D eigenvalue weighted by atomic mass is 28.3. The third kappa shape index (κ3) is 3.28. The van der Waals surface area contributed by atoms with Crippen LogP contribution >= 0.6 is 0 Å². The number of phenolic OH excluding ortho intramolecular Hbond substituents is 1. The van der Waals surface area contributed by atoms with Gasteiger partial charge in [-0.15, -0.1) is 0 Å². The molecule has 0 amide bonds. The molecule has 1 N–H and O–H groups in total. The Balaban J connectivity index is 3.82. The molecular weight excluding hydrogens is 260 g/mol. The zero-order chi connectivity index (χ0) is 15.9. The number of hydrogen-bond donors (Lipinski definition) is 1. The molecule has 0 heterocycles. The average Bonchev–Trinajstić information content (AvgIpc) is 2.24. The van der Waals surface area contributed by atoms with E-state index in [0.717, 1.165) is 12.0 Å². The lowest BCUT2D eigenvalue weighted by Gasteiger charge is -2.32. The maximum absolute atomic E-state index is 10.8. The van der Waals surface area contributed by atoms with Crippen LogP contribution < -0.4 is 5.19 Å². The number of rotatable bonds is 2. The molecule has 0 aliphatic rings. The van der Waals surface area contributed by atoms with Gasteiger partial charge in [0.2, 0.25) is 0 Å². The number of hydrogen-bond acceptors (Lipinski definition) is 1. The second kappa shape index (κ2) is 5.55. The summed E-state index contributed by atoms with van der Waals surface area (Å²) < 4.78 is 0. The number of phenols is 1. The molecule has 0 atom stereocenters. The molecule has 1 rings (SSSR count). The van der Waals surface area contributed by atoms with E-state index >= 15 is 0 Å². The lowest BCUT2D eigenvalue weighted by molar-refractivity contribution is 0.439. The predicted octanol–water partition coefficient (Wildman–Crippen LogP) is 4.51. The van der Waals surface area contributed by atoms with E-state index in [9.17, 15) is 5.11 Å². The molecule has 113 valence electrons. The van der Waals surface area contributed by atoms with Crippen LogP contribution in [-0.2, 0) is 17.3 Å². The first-order valence-electron chi connectivity index (χ1n) is 7.61. The second-order valence-corrected chi connectivity index (χ2v) is 10.5. The fourth-order valence-electron chi connectivity index (χ4n) is 2.81. The standard InChI is InChI=1S/C18H31OSi/c1-10-12-15(19)13(17(2,3)4)11-14(18(5,6)7)16(12)20(8)9/h11,19H,10H2,1-9H3. The SMILES string of the molecule is CCc1c(O)c(C(C)(C)C)cc(C(C)(C)C)c1[Si](C)C. The molecule has 1 aromatic rings. The summed E-state index contributed by atoms with van der Waals surface area (Å²) in [6, 6.07) is 2.27. The van der Waals surface area contributed by atoms with Crippen molar-refractivity contribution in [1.82, 2.24) is 0 Å². The summed E-state index contributed by atoms with van der Waals surface area (Å²) in [6.07, 6.45) is 0.907. The second-order valence-electron chi connectivity index (χ2n) is 8.03. The van der Waals surface area contributed by atoms with Gasteiger partial charge in [0.15, 0.2) is 0 Å². The zero-order valence-corrected chi connectivity index (χ0v) is 15.7. The molecule has 1 aromatic carbocycles. The lowest BCUT2D eigenvalue weighted by atomic mass is 9.78. The predicted molar refractivity (Wildman–Crippen MR) is 92.0 cm³/mol. The van der Waals surface area contributed by atoms with E-state index in [1.54, 1.807) is 0 Å². The molecule has 0 aromatic heterocycles. The first kappa shape index (κ1) is 17.3. The van der Waals surface area contributed by atoms with Crippen LogP contribution in [0.2, 0.25) is 13.1 Å². The topological polar surface area (TPSA) is 20.2 Å². The molecule has 0 aliphatic carbocycles. The van der Waals surface area contributed by atoms with Gasteiger partial charge in [-0.3, -0.25) is 0 Å². The first-order valence-corrected chi connectivity index (χ1v) is 10.1. The van der Waals surface area contributed by atoms with Crippen LogP contribution in [-0.4, -0.2) is 13.9 Å². The Labute approximate surface area is 127 Å². The highest BCUT2D eigenvalue weighted by Crippen LogP contribution is 2.37. The average molecular weight is 292 g/mol. The van der Waals surface area contributed by atoms with Crippen LogP contribution in [0.3, 0.4) is 0 Å².